The highest BCUT2D eigenvalue weighted by molar-refractivity contribution is 5.20. The third-order valence-corrected chi connectivity index (χ3v) is 3.59. The second kappa shape index (κ2) is 5.33. The molecular formula is C14H20F2N2. The summed E-state index contributed by atoms with van der Waals surface area (Å²) >= 11 is 0. The molecule has 100 valence electrons. The van der Waals surface area contributed by atoms with E-state index in [4.69, 9.17) is 0 Å². The van der Waals surface area contributed by atoms with Crippen LogP contribution < -0.4 is 5.32 Å². The fourth-order valence-electron chi connectivity index (χ4n) is 2.53. The monoisotopic (exact) mass is 254 g/mol. The van der Waals surface area contributed by atoms with Crippen LogP contribution in [0.1, 0.15) is 19.4 Å². The summed E-state index contributed by atoms with van der Waals surface area (Å²) in [4.78, 5) is 2.39. The molecule has 0 saturated carbocycles. The molecule has 18 heavy (non-hydrogen) atoms. The first-order valence-electron chi connectivity index (χ1n) is 6.39. The second-order valence-electron chi connectivity index (χ2n) is 5.47. The number of hydrogen-bond donors (Lipinski definition) is 1. The van der Waals surface area contributed by atoms with Crippen molar-refractivity contribution in [3.05, 3.63) is 35.4 Å². The van der Waals surface area contributed by atoms with Gasteiger partial charge in [0.1, 0.15) is 0 Å². The zero-order chi connectivity index (χ0) is 13.2. The molecule has 0 radical (unpaired) electrons. The third kappa shape index (κ3) is 3.06. The molecule has 2 nitrogen and oxygen atoms in total. The Morgan fingerprint density at radius 3 is 2.44 bits per heavy atom. The summed E-state index contributed by atoms with van der Waals surface area (Å²) in [7, 11) is 0. The van der Waals surface area contributed by atoms with Gasteiger partial charge in [0.25, 0.3) is 0 Å². The predicted octanol–water partition coefficient (Wildman–Crippen LogP) is 2.19. The minimum atomic E-state index is -0.779. The smallest absolute Gasteiger partial charge is 0.159 e. The average Bonchev–Trinajstić information content (AvgIpc) is 2.35. The standard InChI is InChI=1S/C14H20F2N2/c1-14(2,18-7-5-17-6-8-18)10-11-3-4-12(15)13(16)9-11/h3-4,9,17H,5-8,10H2,1-2H3. The maximum Gasteiger partial charge on any atom is 0.159 e. The molecule has 0 aliphatic carbocycles. The number of hydrogen-bond acceptors (Lipinski definition) is 2. The molecule has 1 aliphatic heterocycles. The molecule has 1 heterocycles. The molecule has 1 aliphatic rings. The largest absolute Gasteiger partial charge is 0.314 e. The maximum atomic E-state index is 13.2. The van der Waals surface area contributed by atoms with Crippen LogP contribution in [0, 0.1) is 11.6 Å². The number of nitrogens with zero attached hydrogens (tertiary/aromatic N) is 1. The molecule has 0 spiro atoms. The van der Waals surface area contributed by atoms with Gasteiger partial charge in [-0.05, 0) is 38.0 Å². The fourth-order valence-corrected chi connectivity index (χ4v) is 2.53. The van der Waals surface area contributed by atoms with E-state index in [0.29, 0.717) is 0 Å². The normalized spacial score (nSPS) is 18.0. The molecule has 1 fully saturated rings. The van der Waals surface area contributed by atoms with Crippen LogP contribution in [0.15, 0.2) is 18.2 Å². The Hall–Kier alpha value is -1.00. The number of rotatable bonds is 3. The summed E-state index contributed by atoms with van der Waals surface area (Å²) in [6, 6.07) is 4.18. The van der Waals surface area contributed by atoms with E-state index in [1.54, 1.807) is 6.07 Å². The molecule has 1 saturated heterocycles. The van der Waals surface area contributed by atoms with Crippen molar-refractivity contribution in [3.8, 4) is 0 Å². The second-order valence-corrected chi connectivity index (χ2v) is 5.47. The SMILES string of the molecule is CC(C)(Cc1ccc(F)c(F)c1)N1CCNCC1. The number of piperazine rings is 1. The summed E-state index contributed by atoms with van der Waals surface area (Å²) in [5, 5.41) is 3.32. The third-order valence-electron chi connectivity index (χ3n) is 3.59. The van der Waals surface area contributed by atoms with Crippen molar-refractivity contribution in [3.63, 3.8) is 0 Å². The minimum absolute atomic E-state index is 0.0353. The summed E-state index contributed by atoms with van der Waals surface area (Å²) in [6.45, 7) is 8.27. The molecule has 0 atom stereocenters. The van der Waals surface area contributed by atoms with Crippen molar-refractivity contribution in [1.29, 1.82) is 0 Å². The molecule has 1 aromatic rings. The van der Waals surface area contributed by atoms with E-state index in [1.807, 2.05) is 0 Å². The Bertz CT molecular complexity index is 412. The lowest BCUT2D eigenvalue weighted by atomic mass is 9.92. The van der Waals surface area contributed by atoms with Gasteiger partial charge in [-0.25, -0.2) is 8.78 Å². The maximum absolute atomic E-state index is 13.2. The zero-order valence-corrected chi connectivity index (χ0v) is 11.0. The lowest BCUT2D eigenvalue weighted by Crippen LogP contribution is -2.54. The van der Waals surface area contributed by atoms with Gasteiger partial charge in [-0.3, -0.25) is 4.90 Å². The van der Waals surface area contributed by atoms with Crippen LogP contribution in [0.4, 0.5) is 8.78 Å². The average molecular weight is 254 g/mol. The Morgan fingerprint density at radius 2 is 1.83 bits per heavy atom. The first-order valence-corrected chi connectivity index (χ1v) is 6.39. The molecule has 0 amide bonds. The molecule has 1 aromatic carbocycles. The molecule has 4 heteroatoms. The van der Waals surface area contributed by atoms with Crippen molar-refractivity contribution in [1.82, 2.24) is 10.2 Å². The molecule has 2 rings (SSSR count). The van der Waals surface area contributed by atoms with Crippen LogP contribution in [0.5, 0.6) is 0 Å². The first kappa shape index (κ1) is 13.4. The van der Waals surface area contributed by atoms with E-state index in [-0.39, 0.29) is 5.54 Å². The Kier molecular flexibility index (Phi) is 3.97. The summed E-state index contributed by atoms with van der Waals surface area (Å²) in [5.41, 5.74) is 0.809. The molecule has 0 bridgehead atoms. The Labute approximate surface area is 107 Å². The summed E-state index contributed by atoms with van der Waals surface area (Å²) < 4.78 is 26.1. The van der Waals surface area contributed by atoms with Crippen LogP contribution in [0.2, 0.25) is 0 Å². The van der Waals surface area contributed by atoms with Gasteiger partial charge >= 0.3 is 0 Å². The summed E-state index contributed by atoms with van der Waals surface area (Å²) in [5.74, 6) is -1.54. The fraction of sp³-hybridized carbons (Fsp3) is 0.571. The Morgan fingerprint density at radius 1 is 1.17 bits per heavy atom. The lowest BCUT2D eigenvalue weighted by Gasteiger charge is -2.41. The number of halogens is 2. The molecule has 0 unspecified atom stereocenters. The van der Waals surface area contributed by atoms with Gasteiger partial charge in [0.2, 0.25) is 0 Å². The topological polar surface area (TPSA) is 15.3 Å². The van der Waals surface area contributed by atoms with E-state index >= 15 is 0 Å². The van der Waals surface area contributed by atoms with Crippen molar-refractivity contribution >= 4 is 0 Å². The Balaban J connectivity index is 2.08. The van der Waals surface area contributed by atoms with Gasteiger partial charge < -0.3 is 5.32 Å². The molecule has 0 aromatic heterocycles. The van der Waals surface area contributed by atoms with E-state index in [9.17, 15) is 8.78 Å². The van der Waals surface area contributed by atoms with Crippen LogP contribution in [0.3, 0.4) is 0 Å². The van der Waals surface area contributed by atoms with E-state index < -0.39 is 11.6 Å². The van der Waals surface area contributed by atoms with Gasteiger partial charge in [0.15, 0.2) is 11.6 Å². The van der Waals surface area contributed by atoms with Crippen molar-refractivity contribution < 1.29 is 8.78 Å². The van der Waals surface area contributed by atoms with Gasteiger partial charge in [0.05, 0.1) is 0 Å². The van der Waals surface area contributed by atoms with Crippen LogP contribution >= 0.6 is 0 Å². The van der Waals surface area contributed by atoms with Gasteiger partial charge in [-0.1, -0.05) is 6.07 Å². The van der Waals surface area contributed by atoms with Gasteiger partial charge in [-0.15, -0.1) is 0 Å². The van der Waals surface area contributed by atoms with E-state index in [0.717, 1.165) is 38.2 Å². The highest BCUT2D eigenvalue weighted by Gasteiger charge is 2.28. The summed E-state index contributed by atoms with van der Waals surface area (Å²) in [6.07, 6.45) is 0.726. The van der Waals surface area contributed by atoms with Crippen molar-refractivity contribution in [2.45, 2.75) is 25.8 Å². The van der Waals surface area contributed by atoms with Crippen LogP contribution in [-0.2, 0) is 6.42 Å². The molecular weight excluding hydrogens is 234 g/mol. The number of nitrogens with one attached hydrogen (secondary N) is 1. The number of benzene rings is 1. The quantitative estimate of drug-likeness (QED) is 0.889. The highest BCUT2D eigenvalue weighted by atomic mass is 19.2. The van der Waals surface area contributed by atoms with Crippen molar-refractivity contribution in [2.24, 2.45) is 0 Å². The molecule has 1 N–H and O–H groups in total. The van der Waals surface area contributed by atoms with Gasteiger partial charge in [-0.2, -0.15) is 0 Å². The first-order chi connectivity index (χ1) is 8.49. The zero-order valence-electron chi connectivity index (χ0n) is 11.0. The minimum Gasteiger partial charge on any atom is -0.314 e. The van der Waals surface area contributed by atoms with Crippen molar-refractivity contribution in [2.75, 3.05) is 26.2 Å². The van der Waals surface area contributed by atoms with E-state index in [2.05, 4.69) is 24.1 Å². The van der Waals surface area contributed by atoms with Crippen LogP contribution in [0.25, 0.3) is 0 Å². The van der Waals surface area contributed by atoms with Crippen LogP contribution in [-0.4, -0.2) is 36.6 Å². The predicted molar refractivity (Wildman–Crippen MR) is 68.6 cm³/mol. The van der Waals surface area contributed by atoms with E-state index in [1.165, 1.54) is 12.1 Å². The highest BCUT2D eigenvalue weighted by Crippen LogP contribution is 2.22. The lowest BCUT2D eigenvalue weighted by molar-refractivity contribution is 0.103. The van der Waals surface area contributed by atoms with Gasteiger partial charge in [0, 0.05) is 31.7 Å².